The molecule has 1 fully saturated rings. The van der Waals surface area contributed by atoms with Crippen molar-refractivity contribution in [2.45, 2.75) is 11.4 Å². The van der Waals surface area contributed by atoms with Gasteiger partial charge in [-0.1, -0.05) is 48.0 Å². The Labute approximate surface area is 218 Å². The predicted octanol–water partition coefficient (Wildman–Crippen LogP) is 3.93. The van der Waals surface area contributed by atoms with Gasteiger partial charge in [0.25, 0.3) is 15.7 Å². The van der Waals surface area contributed by atoms with Gasteiger partial charge in [0, 0.05) is 44.4 Å². The molecule has 10 nitrogen and oxygen atoms in total. The van der Waals surface area contributed by atoms with Gasteiger partial charge in [-0.2, -0.15) is 8.42 Å². The Balaban J connectivity index is 1.37. The highest BCUT2D eigenvalue weighted by Gasteiger charge is 2.26. The largest absolute Gasteiger partial charge is 0.454 e. The average molecular weight is 543 g/mol. The molecule has 0 N–H and O–H groups in total. The van der Waals surface area contributed by atoms with Crippen molar-refractivity contribution in [1.29, 1.82) is 0 Å². The number of rotatable bonds is 6. The number of sulfonamides is 1. The molecule has 0 atom stereocenters. The molecule has 5 rings (SSSR count). The molecule has 0 unspecified atom stereocenters. The summed E-state index contributed by atoms with van der Waals surface area (Å²) < 4.78 is 41.5. The van der Waals surface area contributed by atoms with Crippen molar-refractivity contribution in [2.75, 3.05) is 33.0 Å². The fourth-order valence-electron chi connectivity index (χ4n) is 4.25. The number of nitrogens with zero attached hydrogens (tertiary/aromatic N) is 4. The van der Waals surface area contributed by atoms with E-state index < -0.39 is 20.6 Å². The summed E-state index contributed by atoms with van der Waals surface area (Å²) in [5.74, 6) is 1.77. The molecule has 2 aliphatic rings. The lowest BCUT2D eigenvalue weighted by molar-refractivity contribution is -0.384. The van der Waals surface area contributed by atoms with Crippen LogP contribution < -0.4 is 9.47 Å². The van der Waals surface area contributed by atoms with E-state index in [2.05, 4.69) is 9.30 Å². The first kappa shape index (κ1) is 25.0. The molecule has 0 aromatic heterocycles. The van der Waals surface area contributed by atoms with Gasteiger partial charge in [-0.15, -0.1) is 4.40 Å². The van der Waals surface area contributed by atoms with Crippen molar-refractivity contribution in [3.8, 4) is 11.5 Å². The minimum Gasteiger partial charge on any atom is -0.454 e. The number of hydrogen-bond acceptors (Lipinski definition) is 7. The van der Waals surface area contributed by atoms with Gasteiger partial charge in [-0.3, -0.25) is 15.0 Å². The Morgan fingerprint density at radius 3 is 2.43 bits per heavy atom. The quantitative estimate of drug-likeness (QED) is 0.199. The van der Waals surface area contributed by atoms with Crippen LogP contribution in [0.25, 0.3) is 0 Å². The maximum absolute atomic E-state index is 13.2. The monoisotopic (exact) mass is 542 g/mol. The van der Waals surface area contributed by atoms with Gasteiger partial charge in [0.1, 0.15) is 10.9 Å². The molecule has 192 valence electrons. The molecule has 2 heterocycles. The number of nitro benzene ring substituents is 1. The summed E-state index contributed by atoms with van der Waals surface area (Å²) >= 11 is 5.87. The van der Waals surface area contributed by atoms with E-state index in [4.69, 9.17) is 21.1 Å². The zero-order chi connectivity index (χ0) is 26.0. The number of nitro groups is 1. The summed E-state index contributed by atoms with van der Waals surface area (Å²) in [5, 5.41) is 11.1. The van der Waals surface area contributed by atoms with Crippen molar-refractivity contribution in [2.24, 2.45) is 4.40 Å². The lowest BCUT2D eigenvalue weighted by Gasteiger charge is -2.36. The van der Waals surface area contributed by atoms with Gasteiger partial charge in [-0.05, 0) is 29.8 Å². The fourth-order valence-corrected chi connectivity index (χ4v) is 5.50. The first-order valence-corrected chi connectivity index (χ1v) is 13.3. The van der Waals surface area contributed by atoms with Crippen LogP contribution in [0.1, 0.15) is 11.1 Å². The highest BCUT2D eigenvalue weighted by Crippen LogP contribution is 2.33. The Kier molecular flexibility index (Phi) is 7.00. The molecular weight excluding hydrogens is 520 g/mol. The third kappa shape index (κ3) is 5.53. The summed E-state index contributed by atoms with van der Waals surface area (Å²) in [6.07, 6.45) is 0. The summed E-state index contributed by atoms with van der Waals surface area (Å²) in [6, 6.07) is 18.3. The van der Waals surface area contributed by atoms with Crippen LogP contribution in [-0.2, 0) is 16.6 Å². The first-order valence-electron chi connectivity index (χ1n) is 11.5. The van der Waals surface area contributed by atoms with Crippen LogP contribution >= 0.6 is 11.6 Å². The standard InChI is InChI=1S/C25H23ClN4O6S/c26-21-8-7-20(15-22(21)30(31)32)37(33,34)27-25(19-4-2-1-3-5-19)29-12-10-28(11-13-29)16-18-6-9-23-24(14-18)36-17-35-23/h1-9,14-15H,10-13,16-17H2/b27-25+. The van der Waals surface area contributed by atoms with Crippen molar-refractivity contribution in [3.05, 3.63) is 93.0 Å². The number of benzene rings is 3. The predicted molar refractivity (Wildman–Crippen MR) is 138 cm³/mol. The number of fused-ring (bicyclic) bond motifs is 1. The molecule has 0 bridgehead atoms. The fraction of sp³-hybridized carbons (Fsp3) is 0.240. The highest BCUT2D eigenvalue weighted by molar-refractivity contribution is 7.90. The maximum Gasteiger partial charge on any atom is 0.289 e. The number of amidine groups is 1. The van der Waals surface area contributed by atoms with E-state index in [9.17, 15) is 18.5 Å². The highest BCUT2D eigenvalue weighted by atomic mass is 35.5. The Morgan fingerprint density at radius 1 is 0.973 bits per heavy atom. The molecule has 37 heavy (non-hydrogen) atoms. The minimum absolute atomic E-state index is 0.144. The second-order valence-electron chi connectivity index (χ2n) is 8.58. The van der Waals surface area contributed by atoms with Gasteiger partial charge in [0.2, 0.25) is 6.79 Å². The summed E-state index contributed by atoms with van der Waals surface area (Å²) in [4.78, 5) is 14.5. The van der Waals surface area contributed by atoms with Crippen molar-refractivity contribution < 1.29 is 22.8 Å². The lowest BCUT2D eigenvalue weighted by Crippen LogP contribution is -2.48. The Hall–Kier alpha value is -3.67. The van der Waals surface area contributed by atoms with Crippen LogP contribution in [0.4, 0.5) is 5.69 Å². The molecule has 3 aromatic rings. The number of halogens is 1. The summed E-state index contributed by atoms with van der Waals surface area (Å²) in [5.41, 5.74) is 1.25. The van der Waals surface area contributed by atoms with E-state index in [1.165, 1.54) is 12.1 Å². The Bertz CT molecular complexity index is 1460. The van der Waals surface area contributed by atoms with E-state index in [1.54, 1.807) is 24.3 Å². The van der Waals surface area contributed by atoms with Gasteiger partial charge < -0.3 is 14.4 Å². The van der Waals surface area contributed by atoms with Crippen molar-refractivity contribution in [3.63, 3.8) is 0 Å². The van der Waals surface area contributed by atoms with E-state index in [1.807, 2.05) is 29.2 Å². The molecule has 0 aliphatic carbocycles. The number of ether oxygens (including phenoxy) is 2. The van der Waals surface area contributed by atoms with Crippen molar-refractivity contribution >= 4 is 33.1 Å². The minimum atomic E-state index is -4.25. The van der Waals surface area contributed by atoms with Crippen LogP contribution in [0.15, 0.2) is 76.0 Å². The van der Waals surface area contributed by atoms with E-state index in [0.29, 0.717) is 37.6 Å². The third-order valence-electron chi connectivity index (χ3n) is 6.17. The third-order valence-corrected chi connectivity index (χ3v) is 7.75. The van der Waals surface area contributed by atoms with E-state index >= 15 is 0 Å². The average Bonchev–Trinajstić information content (AvgIpc) is 3.36. The molecule has 1 saturated heterocycles. The second-order valence-corrected chi connectivity index (χ2v) is 10.6. The lowest BCUT2D eigenvalue weighted by atomic mass is 10.1. The molecule has 0 amide bonds. The van der Waals surface area contributed by atoms with Gasteiger partial charge in [-0.25, -0.2) is 0 Å². The molecular formula is C25H23ClN4O6S. The molecule has 2 aliphatic heterocycles. The van der Waals surface area contributed by atoms with E-state index in [-0.39, 0.29) is 16.7 Å². The zero-order valence-electron chi connectivity index (χ0n) is 19.6. The Morgan fingerprint density at radius 2 is 1.70 bits per heavy atom. The van der Waals surface area contributed by atoms with Crippen LogP contribution in [0, 0.1) is 10.1 Å². The van der Waals surface area contributed by atoms with Crippen LogP contribution in [-0.4, -0.2) is 61.9 Å². The molecule has 12 heteroatoms. The van der Waals surface area contributed by atoms with Gasteiger partial charge in [0.05, 0.1) is 9.82 Å². The molecule has 0 radical (unpaired) electrons. The van der Waals surface area contributed by atoms with Gasteiger partial charge in [0.15, 0.2) is 11.5 Å². The topological polar surface area (TPSA) is 115 Å². The molecule has 0 spiro atoms. The van der Waals surface area contributed by atoms with Gasteiger partial charge >= 0.3 is 0 Å². The van der Waals surface area contributed by atoms with Crippen molar-refractivity contribution in [1.82, 2.24) is 9.80 Å². The molecule has 0 saturated carbocycles. The maximum atomic E-state index is 13.2. The smallest absolute Gasteiger partial charge is 0.289 e. The summed E-state index contributed by atoms with van der Waals surface area (Å²) in [6.45, 7) is 3.42. The van der Waals surface area contributed by atoms with E-state index in [0.717, 1.165) is 29.7 Å². The normalized spacial score (nSPS) is 16.1. The van der Waals surface area contributed by atoms with Crippen LogP contribution in [0.3, 0.4) is 0 Å². The SMILES string of the molecule is O=[N+]([O-])c1cc(S(=O)(=O)/N=C(\c2ccccc2)N2CCN(Cc3ccc4c(c3)OCO4)CC2)ccc1Cl. The zero-order valence-corrected chi connectivity index (χ0v) is 21.2. The number of piperazine rings is 1. The second kappa shape index (κ2) is 10.4. The van der Waals surface area contributed by atoms with Crippen LogP contribution in [0.5, 0.6) is 11.5 Å². The molecule has 3 aromatic carbocycles. The number of hydrogen-bond donors (Lipinski definition) is 0. The first-order chi connectivity index (χ1) is 17.8. The summed E-state index contributed by atoms with van der Waals surface area (Å²) in [7, 11) is -4.25. The van der Waals surface area contributed by atoms with Crippen LogP contribution in [0.2, 0.25) is 5.02 Å².